The van der Waals surface area contributed by atoms with Crippen molar-refractivity contribution < 1.29 is 9.18 Å². The first-order valence-electron chi connectivity index (χ1n) is 8.06. The molecule has 0 bridgehead atoms. The Morgan fingerprint density at radius 1 is 1.24 bits per heavy atom. The van der Waals surface area contributed by atoms with Crippen LogP contribution >= 0.6 is 0 Å². The average molecular weight is 338 g/mol. The Kier molecular flexibility index (Phi) is 4.88. The summed E-state index contributed by atoms with van der Waals surface area (Å²) in [5.41, 5.74) is 2.04. The van der Waals surface area contributed by atoms with Crippen LogP contribution in [0.3, 0.4) is 0 Å². The lowest BCUT2D eigenvalue weighted by Crippen LogP contribution is -2.17. The number of pyridine rings is 1. The molecule has 1 N–H and O–H groups in total. The summed E-state index contributed by atoms with van der Waals surface area (Å²) in [6, 6.07) is 11.8. The fourth-order valence-corrected chi connectivity index (χ4v) is 2.68. The molecule has 0 aliphatic rings. The van der Waals surface area contributed by atoms with E-state index in [0.717, 1.165) is 5.56 Å². The van der Waals surface area contributed by atoms with E-state index in [2.05, 4.69) is 15.4 Å². The second kappa shape index (κ2) is 7.25. The normalized spacial score (nSPS) is 12.0. The van der Waals surface area contributed by atoms with Gasteiger partial charge in [0.05, 0.1) is 5.69 Å². The van der Waals surface area contributed by atoms with Gasteiger partial charge in [0.1, 0.15) is 17.3 Å². The summed E-state index contributed by atoms with van der Waals surface area (Å²) in [5, 5.41) is 7.12. The predicted octanol–water partition coefficient (Wildman–Crippen LogP) is 3.85. The molecule has 2 heterocycles. The first-order chi connectivity index (χ1) is 12.0. The molecule has 3 rings (SSSR count). The number of carbonyl (C=O) groups is 1. The minimum absolute atomic E-state index is 0.0499. The number of anilines is 1. The van der Waals surface area contributed by atoms with Crippen molar-refractivity contribution >= 4 is 11.7 Å². The van der Waals surface area contributed by atoms with E-state index in [1.807, 2.05) is 19.1 Å². The van der Waals surface area contributed by atoms with Crippen molar-refractivity contribution in [2.45, 2.75) is 26.2 Å². The summed E-state index contributed by atoms with van der Waals surface area (Å²) in [6.07, 6.45) is 3.73. The van der Waals surface area contributed by atoms with Gasteiger partial charge in [-0.15, -0.1) is 0 Å². The average Bonchev–Trinajstić information content (AvgIpc) is 2.96. The van der Waals surface area contributed by atoms with Gasteiger partial charge in [-0.3, -0.25) is 9.78 Å². The van der Waals surface area contributed by atoms with Gasteiger partial charge < -0.3 is 5.32 Å². The van der Waals surface area contributed by atoms with Crippen molar-refractivity contribution in [2.24, 2.45) is 0 Å². The molecule has 0 spiro atoms. The Hall–Kier alpha value is -3.02. The third-order valence-corrected chi connectivity index (χ3v) is 3.95. The molecule has 0 unspecified atom stereocenters. The Morgan fingerprint density at radius 3 is 2.68 bits per heavy atom. The van der Waals surface area contributed by atoms with E-state index < -0.39 is 5.82 Å². The zero-order valence-corrected chi connectivity index (χ0v) is 14.1. The Balaban J connectivity index is 1.77. The number of para-hydroxylation sites is 1. The zero-order chi connectivity index (χ0) is 17.8. The molecule has 0 fully saturated rings. The Bertz CT molecular complexity index is 876. The smallest absolute Gasteiger partial charge is 0.226 e. The molecule has 25 heavy (non-hydrogen) atoms. The molecule has 2 aromatic heterocycles. The number of aryl methyl sites for hydroxylation is 1. The van der Waals surface area contributed by atoms with Gasteiger partial charge in [0.2, 0.25) is 5.91 Å². The van der Waals surface area contributed by atoms with E-state index in [-0.39, 0.29) is 11.8 Å². The van der Waals surface area contributed by atoms with Crippen LogP contribution in [0.4, 0.5) is 10.2 Å². The van der Waals surface area contributed by atoms with Crippen molar-refractivity contribution in [1.82, 2.24) is 14.8 Å². The van der Waals surface area contributed by atoms with Crippen molar-refractivity contribution in [3.63, 3.8) is 0 Å². The van der Waals surface area contributed by atoms with Crippen LogP contribution in [-0.4, -0.2) is 20.7 Å². The molecule has 0 aliphatic carbocycles. The molecular formula is C19H19FN4O. The maximum atomic E-state index is 14.1. The van der Waals surface area contributed by atoms with Crippen LogP contribution in [0.1, 0.15) is 30.5 Å². The number of hydrogen-bond donors (Lipinski definition) is 1. The van der Waals surface area contributed by atoms with Crippen molar-refractivity contribution in [1.29, 1.82) is 0 Å². The molecule has 1 aromatic carbocycles. The predicted molar refractivity (Wildman–Crippen MR) is 94.2 cm³/mol. The second-order valence-corrected chi connectivity index (χ2v) is 5.97. The molecule has 128 valence electrons. The summed E-state index contributed by atoms with van der Waals surface area (Å²) >= 11 is 0. The zero-order valence-electron chi connectivity index (χ0n) is 14.1. The van der Waals surface area contributed by atoms with E-state index >= 15 is 0 Å². The summed E-state index contributed by atoms with van der Waals surface area (Å²) in [4.78, 5) is 16.4. The van der Waals surface area contributed by atoms with Gasteiger partial charge >= 0.3 is 0 Å². The summed E-state index contributed by atoms with van der Waals surface area (Å²) in [7, 11) is 0. The van der Waals surface area contributed by atoms with Gasteiger partial charge in [-0.2, -0.15) is 5.10 Å². The molecular weight excluding hydrogens is 319 g/mol. The second-order valence-electron chi connectivity index (χ2n) is 5.97. The monoisotopic (exact) mass is 338 g/mol. The third-order valence-electron chi connectivity index (χ3n) is 3.95. The number of amides is 1. The van der Waals surface area contributed by atoms with Gasteiger partial charge in [0, 0.05) is 24.9 Å². The minimum atomic E-state index is -0.397. The molecule has 0 saturated heterocycles. The molecule has 0 saturated carbocycles. The maximum absolute atomic E-state index is 14.1. The lowest BCUT2D eigenvalue weighted by molar-refractivity contribution is -0.116. The quantitative estimate of drug-likeness (QED) is 0.769. The first kappa shape index (κ1) is 16.8. The van der Waals surface area contributed by atoms with Crippen molar-refractivity contribution in [3.05, 3.63) is 71.9 Å². The van der Waals surface area contributed by atoms with Crippen LogP contribution in [0.25, 0.3) is 5.69 Å². The van der Waals surface area contributed by atoms with E-state index in [4.69, 9.17) is 0 Å². The van der Waals surface area contributed by atoms with E-state index in [9.17, 15) is 9.18 Å². The maximum Gasteiger partial charge on any atom is 0.226 e. The van der Waals surface area contributed by atoms with Crippen LogP contribution in [0, 0.1) is 12.7 Å². The Morgan fingerprint density at radius 2 is 1.96 bits per heavy atom. The van der Waals surface area contributed by atoms with Gasteiger partial charge in [0.25, 0.3) is 0 Å². The standard InChI is InChI=1S/C19H19FN4O/c1-13(15-7-9-21-10-8-15)11-19(25)22-18-12-14(2)23-24(18)17-6-4-3-5-16(17)20/h3-10,12-13H,11H2,1-2H3,(H,22,25)/t13-/m0/s1. The third kappa shape index (κ3) is 3.91. The highest BCUT2D eigenvalue weighted by molar-refractivity contribution is 5.90. The fraction of sp³-hybridized carbons (Fsp3) is 0.211. The van der Waals surface area contributed by atoms with Gasteiger partial charge in [-0.25, -0.2) is 9.07 Å². The number of carbonyl (C=O) groups excluding carboxylic acids is 1. The molecule has 1 atom stereocenters. The lowest BCUT2D eigenvalue weighted by Gasteiger charge is -2.13. The topological polar surface area (TPSA) is 59.8 Å². The van der Waals surface area contributed by atoms with E-state index in [1.165, 1.54) is 10.7 Å². The van der Waals surface area contributed by atoms with Gasteiger partial charge in [0.15, 0.2) is 0 Å². The van der Waals surface area contributed by atoms with Crippen LogP contribution < -0.4 is 5.32 Å². The van der Waals surface area contributed by atoms with Crippen LogP contribution in [0.15, 0.2) is 54.9 Å². The van der Waals surface area contributed by atoms with Gasteiger partial charge in [-0.1, -0.05) is 19.1 Å². The number of aromatic nitrogens is 3. The van der Waals surface area contributed by atoms with E-state index in [1.54, 1.807) is 43.6 Å². The number of nitrogens with zero attached hydrogens (tertiary/aromatic N) is 3. The number of benzene rings is 1. The number of hydrogen-bond acceptors (Lipinski definition) is 3. The SMILES string of the molecule is Cc1cc(NC(=O)C[C@H](C)c2ccncc2)n(-c2ccccc2F)n1. The largest absolute Gasteiger partial charge is 0.311 e. The molecule has 3 aromatic rings. The molecule has 0 radical (unpaired) electrons. The summed E-state index contributed by atoms with van der Waals surface area (Å²) < 4.78 is 15.5. The summed E-state index contributed by atoms with van der Waals surface area (Å²) in [5.74, 6) is -0.0449. The summed E-state index contributed by atoms with van der Waals surface area (Å²) in [6.45, 7) is 3.78. The van der Waals surface area contributed by atoms with Gasteiger partial charge in [-0.05, 0) is 42.7 Å². The lowest BCUT2D eigenvalue weighted by atomic mass is 9.99. The van der Waals surface area contributed by atoms with Crippen LogP contribution in [-0.2, 0) is 4.79 Å². The van der Waals surface area contributed by atoms with Crippen LogP contribution in [0.5, 0.6) is 0 Å². The molecule has 6 heteroatoms. The molecule has 1 amide bonds. The number of rotatable bonds is 5. The van der Waals surface area contributed by atoms with Crippen molar-refractivity contribution in [2.75, 3.05) is 5.32 Å². The first-order valence-corrected chi connectivity index (χ1v) is 8.06. The van der Waals surface area contributed by atoms with Crippen LogP contribution in [0.2, 0.25) is 0 Å². The highest BCUT2D eigenvalue weighted by atomic mass is 19.1. The van der Waals surface area contributed by atoms with Crippen molar-refractivity contribution in [3.8, 4) is 5.69 Å². The minimum Gasteiger partial charge on any atom is -0.311 e. The number of nitrogens with one attached hydrogen (secondary N) is 1. The Labute approximate surface area is 145 Å². The molecule has 0 aliphatic heterocycles. The van der Waals surface area contributed by atoms with E-state index in [0.29, 0.717) is 23.6 Å². The fourth-order valence-electron chi connectivity index (χ4n) is 2.68. The number of halogens is 1. The highest BCUT2D eigenvalue weighted by Crippen LogP contribution is 2.22. The highest BCUT2D eigenvalue weighted by Gasteiger charge is 2.16. The molecule has 5 nitrogen and oxygen atoms in total.